The normalized spacial score (nSPS) is 17.5. The lowest BCUT2D eigenvalue weighted by Crippen LogP contribution is -2.44. The molecular weight excluding hydrogens is 376 g/mol. The Hall–Kier alpha value is -2.60. The molecule has 1 aromatic heterocycles. The Kier molecular flexibility index (Phi) is 6.53. The maximum atomic E-state index is 12.6. The topological polar surface area (TPSA) is 66.5 Å². The van der Waals surface area contributed by atoms with Crippen molar-refractivity contribution >= 4 is 11.7 Å². The molecule has 6 nitrogen and oxygen atoms in total. The molecule has 30 heavy (non-hydrogen) atoms. The number of carbonyl (C=O) groups is 1. The summed E-state index contributed by atoms with van der Waals surface area (Å²) in [7, 11) is 0. The third-order valence-electron chi connectivity index (χ3n) is 5.84. The summed E-state index contributed by atoms with van der Waals surface area (Å²) in [5.41, 5.74) is 3.08. The number of carbonyl (C=O) groups excluding carboxylic acids is 1. The summed E-state index contributed by atoms with van der Waals surface area (Å²) in [5, 5.41) is 6.52. The molecule has 4 rings (SSSR count). The van der Waals surface area contributed by atoms with Crippen LogP contribution in [0.25, 0.3) is 0 Å². The van der Waals surface area contributed by atoms with Crippen LogP contribution in [0.5, 0.6) is 5.75 Å². The lowest BCUT2D eigenvalue weighted by Gasteiger charge is -2.32. The minimum Gasteiger partial charge on any atom is -0.494 e. The highest BCUT2D eigenvalue weighted by Crippen LogP contribution is 2.24. The van der Waals surface area contributed by atoms with E-state index < -0.39 is 0 Å². The van der Waals surface area contributed by atoms with Gasteiger partial charge in [0.25, 0.3) is 5.91 Å². The van der Waals surface area contributed by atoms with Crippen molar-refractivity contribution in [1.29, 1.82) is 0 Å². The molecule has 1 aliphatic carbocycles. The van der Waals surface area contributed by atoms with Crippen molar-refractivity contribution in [1.82, 2.24) is 15.2 Å². The van der Waals surface area contributed by atoms with E-state index in [1.54, 1.807) is 6.20 Å². The first-order valence-corrected chi connectivity index (χ1v) is 11.1. The highest BCUT2D eigenvalue weighted by atomic mass is 16.5. The number of likely N-dealkylation sites (tertiary alicyclic amines) is 1. The first-order valence-electron chi connectivity index (χ1n) is 11.1. The number of ether oxygens (including phenoxy) is 1. The molecule has 0 spiro atoms. The molecule has 2 aliphatic rings. The number of piperidine rings is 1. The quantitative estimate of drug-likeness (QED) is 0.696. The van der Waals surface area contributed by atoms with E-state index in [9.17, 15) is 4.79 Å². The summed E-state index contributed by atoms with van der Waals surface area (Å²) in [6.45, 7) is 7.65. The van der Waals surface area contributed by atoms with E-state index in [1.165, 1.54) is 24.0 Å². The molecule has 2 N–H and O–H groups in total. The molecule has 0 atom stereocenters. The van der Waals surface area contributed by atoms with E-state index >= 15 is 0 Å². The average Bonchev–Trinajstić information content (AvgIpc) is 3.57. The van der Waals surface area contributed by atoms with Crippen molar-refractivity contribution in [2.75, 3.05) is 25.0 Å². The summed E-state index contributed by atoms with van der Waals surface area (Å²) < 4.78 is 5.72. The zero-order valence-corrected chi connectivity index (χ0v) is 18.0. The summed E-state index contributed by atoms with van der Waals surface area (Å²) in [6.07, 6.45) is 6.01. The second-order valence-corrected chi connectivity index (χ2v) is 8.41. The second kappa shape index (κ2) is 9.47. The number of hydrogen-bond donors (Lipinski definition) is 2. The Morgan fingerprint density at radius 1 is 1.13 bits per heavy atom. The van der Waals surface area contributed by atoms with Crippen molar-refractivity contribution in [2.45, 2.75) is 58.2 Å². The zero-order chi connectivity index (χ0) is 20.9. The lowest BCUT2D eigenvalue weighted by atomic mass is 10.0. The Labute approximate surface area is 179 Å². The maximum absolute atomic E-state index is 12.6. The van der Waals surface area contributed by atoms with Crippen LogP contribution in [0.15, 0.2) is 36.5 Å². The van der Waals surface area contributed by atoms with Crippen LogP contribution in [0.2, 0.25) is 0 Å². The number of pyridine rings is 1. The molecule has 1 amide bonds. The summed E-state index contributed by atoms with van der Waals surface area (Å²) >= 11 is 0. The molecule has 1 saturated heterocycles. The first kappa shape index (κ1) is 20.7. The van der Waals surface area contributed by atoms with Crippen LogP contribution < -0.4 is 15.4 Å². The predicted molar refractivity (Wildman–Crippen MR) is 119 cm³/mol. The maximum Gasteiger partial charge on any atom is 0.253 e. The van der Waals surface area contributed by atoms with Crippen molar-refractivity contribution in [3.8, 4) is 5.75 Å². The second-order valence-electron chi connectivity index (χ2n) is 8.41. The van der Waals surface area contributed by atoms with Gasteiger partial charge in [-0.1, -0.05) is 12.1 Å². The van der Waals surface area contributed by atoms with Crippen LogP contribution in [0.4, 0.5) is 5.82 Å². The van der Waals surface area contributed by atoms with Crippen LogP contribution in [-0.2, 0) is 6.54 Å². The lowest BCUT2D eigenvalue weighted by molar-refractivity contribution is 0.0908. The summed E-state index contributed by atoms with van der Waals surface area (Å²) in [6, 6.07) is 11.0. The van der Waals surface area contributed by atoms with E-state index in [1.807, 2.05) is 19.1 Å². The number of anilines is 1. The predicted octanol–water partition coefficient (Wildman–Crippen LogP) is 3.76. The Morgan fingerprint density at radius 3 is 2.60 bits per heavy atom. The largest absolute Gasteiger partial charge is 0.494 e. The van der Waals surface area contributed by atoms with E-state index in [0.717, 1.165) is 44.0 Å². The van der Waals surface area contributed by atoms with E-state index in [2.05, 4.69) is 45.6 Å². The van der Waals surface area contributed by atoms with Crippen LogP contribution in [0.3, 0.4) is 0 Å². The van der Waals surface area contributed by atoms with E-state index in [0.29, 0.717) is 18.2 Å². The average molecular weight is 409 g/mol. The van der Waals surface area contributed by atoms with Gasteiger partial charge in [-0.2, -0.15) is 0 Å². The van der Waals surface area contributed by atoms with Crippen LogP contribution in [-0.4, -0.2) is 47.6 Å². The van der Waals surface area contributed by atoms with Crippen molar-refractivity contribution < 1.29 is 9.53 Å². The molecular formula is C24H32N4O2. The molecule has 1 aromatic carbocycles. The number of hydrogen-bond acceptors (Lipinski definition) is 5. The molecule has 160 valence electrons. The van der Waals surface area contributed by atoms with Gasteiger partial charge in [-0.15, -0.1) is 0 Å². The van der Waals surface area contributed by atoms with E-state index in [4.69, 9.17) is 4.74 Å². The van der Waals surface area contributed by atoms with Gasteiger partial charge in [0.1, 0.15) is 11.6 Å². The van der Waals surface area contributed by atoms with Gasteiger partial charge < -0.3 is 15.4 Å². The zero-order valence-electron chi connectivity index (χ0n) is 18.0. The van der Waals surface area contributed by atoms with Crippen molar-refractivity contribution in [2.24, 2.45) is 0 Å². The number of nitrogens with zero attached hydrogens (tertiary/aromatic N) is 2. The molecule has 2 heterocycles. The summed E-state index contributed by atoms with van der Waals surface area (Å²) in [5.74, 6) is 1.80. The van der Waals surface area contributed by atoms with E-state index in [-0.39, 0.29) is 11.9 Å². The monoisotopic (exact) mass is 408 g/mol. The highest BCUT2D eigenvalue weighted by Gasteiger charge is 2.23. The fraction of sp³-hybridized carbons (Fsp3) is 0.500. The number of amides is 1. The van der Waals surface area contributed by atoms with Crippen molar-refractivity contribution in [3.63, 3.8) is 0 Å². The molecule has 0 radical (unpaired) electrons. The van der Waals surface area contributed by atoms with Gasteiger partial charge in [0, 0.05) is 37.9 Å². The Bertz CT molecular complexity index is 856. The molecule has 1 aliphatic heterocycles. The fourth-order valence-corrected chi connectivity index (χ4v) is 3.87. The Balaban J connectivity index is 1.24. The van der Waals surface area contributed by atoms with Gasteiger partial charge in [0.2, 0.25) is 0 Å². The minimum atomic E-state index is -0.0289. The van der Waals surface area contributed by atoms with Crippen LogP contribution >= 0.6 is 0 Å². The van der Waals surface area contributed by atoms with Crippen LogP contribution in [0.1, 0.15) is 54.1 Å². The first-order chi connectivity index (χ1) is 14.6. The number of aryl methyl sites for hydroxylation is 1. The fourth-order valence-electron chi connectivity index (χ4n) is 3.87. The van der Waals surface area contributed by atoms with Gasteiger partial charge in [-0.3, -0.25) is 9.69 Å². The van der Waals surface area contributed by atoms with Crippen molar-refractivity contribution in [3.05, 3.63) is 53.2 Å². The van der Waals surface area contributed by atoms with Crippen LogP contribution in [0, 0.1) is 6.92 Å². The van der Waals surface area contributed by atoms with Gasteiger partial charge in [0.05, 0.1) is 12.2 Å². The summed E-state index contributed by atoms with van der Waals surface area (Å²) in [4.78, 5) is 19.4. The Morgan fingerprint density at radius 2 is 1.93 bits per heavy atom. The minimum absolute atomic E-state index is 0.0289. The number of rotatable bonds is 8. The van der Waals surface area contributed by atoms with Gasteiger partial charge in [-0.05, 0) is 68.9 Å². The molecule has 0 unspecified atom stereocenters. The molecule has 2 aromatic rings. The molecule has 1 saturated carbocycles. The number of nitrogens with one attached hydrogen (secondary N) is 2. The smallest absolute Gasteiger partial charge is 0.253 e. The van der Waals surface area contributed by atoms with Gasteiger partial charge >= 0.3 is 0 Å². The van der Waals surface area contributed by atoms with Gasteiger partial charge in [0.15, 0.2) is 0 Å². The standard InChI is InChI=1S/C24H32N4O2/c1-3-30-22-14-18(5-4-17(22)2)16-28-12-10-21(11-13-28)27-24(29)19-6-9-23(25-15-19)26-20-7-8-20/h4-6,9,14-15,20-21H,3,7-8,10-13,16H2,1-2H3,(H,25,26)(H,27,29). The molecule has 6 heteroatoms. The third kappa shape index (κ3) is 5.51. The SMILES string of the molecule is CCOc1cc(CN2CCC(NC(=O)c3ccc(NC4CC4)nc3)CC2)ccc1C. The third-order valence-corrected chi connectivity index (χ3v) is 5.84. The van der Waals surface area contributed by atoms with Gasteiger partial charge in [-0.25, -0.2) is 4.98 Å². The molecule has 0 bridgehead atoms. The number of aromatic nitrogens is 1. The molecule has 2 fully saturated rings. The number of benzene rings is 1. The highest BCUT2D eigenvalue weighted by molar-refractivity contribution is 5.94.